The molecular formula is C16H20N6O2. The molecular weight excluding hydrogens is 308 g/mol. The molecule has 0 saturated carbocycles. The highest BCUT2D eigenvalue weighted by Gasteiger charge is 2.17. The van der Waals surface area contributed by atoms with Crippen LogP contribution < -0.4 is 5.32 Å². The summed E-state index contributed by atoms with van der Waals surface area (Å²) < 4.78 is 6.98. The number of nitrogens with one attached hydrogen (secondary N) is 2. The molecule has 0 radical (unpaired) electrons. The van der Waals surface area contributed by atoms with Gasteiger partial charge >= 0.3 is 0 Å². The summed E-state index contributed by atoms with van der Waals surface area (Å²) >= 11 is 0. The fourth-order valence-corrected chi connectivity index (χ4v) is 2.52. The summed E-state index contributed by atoms with van der Waals surface area (Å²) in [6.07, 6.45) is 2.13. The van der Waals surface area contributed by atoms with Gasteiger partial charge in [-0.05, 0) is 39.0 Å². The number of furan rings is 1. The summed E-state index contributed by atoms with van der Waals surface area (Å²) in [7, 11) is 0. The van der Waals surface area contributed by atoms with Crippen LogP contribution >= 0.6 is 0 Å². The van der Waals surface area contributed by atoms with Crippen molar-refractivity contribution in [1.82, 2.24) is 30.3 Å². The second-order valence-corrected chi connectivity index (χ2v) is 5.67. The lowest BCUT2D eigenvalue weighted by Gasteiger charge is -2.14. The minimum absolute atomic E-state index is 0.0769. The van der Waals surface area contributed by atoms with E-state index in [4.69, 9.17) is 4.42 Å². The normalized spacial score (nSPS) is 12.3. The van der Waals surface area contributed by atoms with Crippen LogP contribution in [0.2, 0.25) is 0 Å². The van der Waals surface area contributed by atoms with Gasteiger partial charge in [0.1, 0.15) is 11.9 Å². The van der Waals surface area contributed by atoms with E-state index in [0.29, 0.717) is 30.4 Å². The molecule has 8 heteroatoms. The van der Waals surface area contributed by atoms with E-state index in [1.54, 1.807) is 23.1 Å². The van der Waals surface area contributed by atoms with Gasteiger partial charge in [0.2, 0.25) is 11.7 Å². The summed E-state index contributed by atoms with van der Waals surface area (Å²) in [6, 6.07) is 5.18. The predicted octanol–water partition coefficient (Wildman–Crippen LogP) is 1.80. The Bertz CT molecular complexity index is 818. The number of amides is 1. The number of nitrogens with zero attached hydrogens (tertiary/aromatic N) is 4. The van der Waals surface area contributed by atoms with E-state index in [1.807, 2.05) is 26.8 Å². The van der Waals surface area contributed by atoms with Crippen molar-refractivity contribution in [3.05, 3.63) is 41.7 Å². The number of rotatable bonds is 6. The molecule has 126 valence electrons. The second kappa shape index (κ2) is 6.69. The van der Waals surface area contributed by atoms with Gasteiger partial charge in [-0.25, -0.2) is 4.98 Å². The van der Waals surface area contributed by atoms with Gasteiger partial charge in [-0.1, -0.05) is 0 Å². The minimum atomic E-state index is -0.355. The fraction of sp³-hybridized carbons (Fsp3) is 0.375. The quantitative estimate of drug-likeness (QED) is 0.718. The van der Waals surface area contributed by atoms with E-state index in [-0.39, 0.29) is 11.9 Å². The van der Waals surface area contributed by atoms with E-state index in [1.165, 1.54) is 0 Å². The van der Waals surface area contributed by atoms with Crippen LogP contribution in [0.4, 0.5) is 0 Å². The Balaban J connectivity index is 1.53. The van der Waals surface area contributed by atoms with Crippen LogP contribution in [0.25, 0.3) is 11.6 Å². The summed E-state index contributed by atoms with van der Waals surface area (Å²) in [6.45, 7) is 6.15. The maximum absolute atomic E-state index is 12.3. The second-order valence-electron chi connectivity index (χ2n) is 5.67. The molecule has 0 saturated heterocycles. The van der Waals surface area contributed by atoms with Gasteiger partial charge in [-0.2, -0.15) is 10.2 Å². The van der Waals surface area contributed by atoms with Gasteiger partial charge in [0.05, 0.1) is 12.0 Å². The Kier molecular flexibility index (Phi) is 4.45. The number of carbonyl (C=O) groups excluding carboxylic acids is 1. The van der Waals surface area contributed by atoms with Gasteiger partial charge < -0.3 is 9.73 Å². The van der Waals surface area contributed by atoms with Gasteiger partial charge in [0.15, 0.2) is 5.76 Å². The molecule has 3 rings (SSSR count). The summed E-state index contributed by atoms with van der Waals surface area (Å²) in [5.41, 5.74) is 1.87. The van der Waals surface area contributed by atoms with Crippen LogP contribution in [0, 0.1) is 13.8 Å². The van der Waals surface area contributed by atoms with Crippen LogP contribution in [0.5, 0.6) is 0 Å². The van der Waals surface area contributed by atoms with Crippen molar-refractivity contribution in [2.75, 3.05) is 6.54 Å². The SMILES string of the molecule is Cc1cc(C)n(C(C)C(=O)NCCc2nc(-c3ccco3)n[nH]2)n1. The number of carbonyl (C=O) groups is 1. The molecule has 1 unspecified atom stereocenters. The van der Waals surface area contributed by atoms with Crippen molar-refractivity contribution in [1.29, 1.82) is 0 Å². The van der Waals surface area contributed by atoms with E-state index in [2.05, 4.69) is 25.6 Å². The number of aromatic amines is 1. The largest absolute Gasteiger partial charge is 0.461 e. The third-order valence-electron chi connectivity index (χ3n) is 3.73. The molecule has 0 aliphatic carbocycles. The van der Waals surface area contributed by atoms with Crippen LogP contribution in [0.1, 0.15) is 30.2 Å². The van der Waals surface area contributed by atoms with Crippen molar-refractivity contribution in [2.45, 2.75) is 33.2 Å². The average molecular weight is 328 g/mol. The first-order chi connectivity index (χ1) is 11.5. The molecule has 2 N–H and O–H groups in total. The maximum Gasteiger partial charge on any atom is 0.244 e. The van der Waals surface area contributed by atoms with Gasteiger partial charge in [-0.15, -0.1) is 0 Å². The Morgan fingerprint density at radius 1 is 1.46 bits per heavy atom. The molecule has 8 nitrogen and oxygen atoms in total. The summed E-state index contributed by atoms with van der Waals surface area (Å²) in [5.74, 6) is 1.74. The van der Waals surface area contributed by atoms with E-state index in [0.717, 1.165) is 11.4 Å². The molecule has 3 aromatic heterocycles. The topological polar surface area (TPSA) is 102 Å². The molecule has 1 atom stereocenters. The van der Waals surface area contributed by atoms with Crippen molar-refractivity contribution >= 4 is 5.91 Å². The zero-order chi connectivity index (χ0) is 17.1. The van der Waals surface area contributed by atoms with Crippen LogP contribution in [0.3, 0.4) is 0 Å². The molecule has 0 aromatic carbocycles. The van der Waals surface area contributed by atoms with E-state index < -0.39 is 0 Å². The summed E-state index contributed by atoms with van der Waals surface area (Å²) in [5, 5.41) is 14.2. The van der Waals surface area contributed by atoms with Gasteiger partial charge in [-0.3, -0.25) is 14.6 Å². The van der Waals surface area contributed by atoms with E-state index in [9.17, 15) is 4.79 Å². The molecule has 3 heterocycles. The van der Waals surface area contributed by atoms with Crippen LogP contribution in [-0.2, 0) is 11.2 Å². The smallest absolute Gasteiger partial charge is 0.244 e. The molecule has 3 aromatic rings. The lowest BCUT2D eigenvalue weighted by atomic mass is 10.3. The number of H-pyrrole nitrogens is 1. The highest BCUT2D eigenvalue weighted by Crippen LogP contribution is 2.14. The van der Waals surface area contributed by atoms with Crippen LogP contribution in [0.15, 0.2) is 28.9 Å². The summed E-state index contributed by atoms with van der Waals surface area (Å²) in [4.78, 5) is 16.6. The highest BCUT2D eigenvalue weighted by atomic mass is 16.3. The lowest BCUT2D eigenvalue weighted by Crippen LogP contribution is -2.33. The molecule has 0 aliphatic heterocycles. The first kappa shape index (κ1) is 16.0. The van der Waals surface area contributed by atoms with Gasteiger partial charge in [0.25, 0.3) is 0 Å². The molecule has 0 spiro atoms. The lowest BCUT2D eigenvalue weighted by molar-refractivity contribution is -0.124. The Hall–Kier alpha value is -2.90. The number of aryl methyl sites for hydroxylation is 2. The first-order valence-electron chi connectivity index (χ1n) is 7.80. The number of hydrogen-bond acceptors (Lipinski definition) is 5. The van der Waals surface area contributed by atoms with Crippen molar-refractivity contribution in [3.8, 4) is 11.6 Å². The number of aromatic nitrogens is 5. The molecule has 0 fully saturated rings. The Morgan fingerprint density at radius 2 is 2.29 bits per heavy atom. The number of hydrogen-bond donors (Lipinski definition) is 2. The average Bonchev–Trinajstić information content (AvgIpc) is 3.27. The zero-order valence-corrected chi connectivity index (χ0v) is 13.9. The first-order valence-corrected chi connectivity index (χ1v) is 7.80. The molecule has 24 heavy (non-hydrogen) atoms. The van der Waals surface area contributed by atoms with E-state index >= 15 is 0 Å². The maximum atomic E-state index is 12.3. The molecule has 0 bridgehead atoms. The fourth-order valence-electron chi connectivity index (χ4n) is 2.52. The monoisotopic (exact) mass is 328 g/mol. The van der Waals surface area contributed by atoms with Crippen LogP contribution in [-0.4, -0.2) is 37.4 Å². The Labute approximate surface area is 139 Å². The van der Waals surface area contributed by atoms with Crippen molar-refractivity contribution in [2.24, 2.45) is 0 Å². The third kappa shape index (κ3) is 3.37. The third-order valence-corrected chi connectivity index (χ3v) is 3.73. The predicted molar refractivity (Wildman–Crippen MR) is 87.2 cm³/mol. The van der Waals surface area contributed by atoms with Gasteiger partial charge in [0, 0.05) is 18.7 Å². The standard InChI is InChI=1S/C16H20N6O2/c1-10-9-11(2)22(21-10)12(3)16(23)17-7-6-14-18-15(20-19-14)13-5-4-8-24-13/h4-5,8-9,12H,6-7H2,1-3H3,(H,17,23)(H,18,19,20). The zero-order valence-electron chi connectivity index (χ0n) is 13.9. The van der Waals surface area contributed by atoms with Crippen molar-refractivity contribution < 1.29 is 9.21 Å². The van der Waals surface area contributed by atoms with Crippen molar-refractivity contribution in [3.63, 3.8) is 0 Å². The molecule has 0 aliphatic rings. The molecule has 1 amide bonds. The Morgan fingerprint density at radius 3 is 2.96 bits per heavy atom. The highest BCUT2D eigenvalue weighted by molar-refractivity contribution is 5.79. The minimum Gasteiger partial charge on any atom is -0.461 e.